The zero-order chi connectivity index (χ0) is 17.5. The van der Waals surface area contributed by atoms with Gasteiger partial charge in [0.05, 0.1) is 13.4 Å². The van der Waals surface area contributed by atoms with E-state index >= 15 is 0 Å². The lowest BCUT2D eigenvalue weighted by molar-refractivity contribution is 0.157. The van der Waals surface area contributed by atoms with Gasteiger partial charge in [-0.05, 0) is 92.7 Å². The number of hydrogen-bond acceptors (Lipinski definition) is 1. The van der Waals surface area contributed by atoms with Gasteiger partial charge in [0.1, 0.15) is 5.75 Å². The third-order valence-corrected chi connectivity index (χ3v) is 6.75. The Hall–Kier alpha value is -1.31. The summed E-state index contributed by atoms with van der Waals surface area (Å²) in [6, 6.07) is 8.70. The number of benzene rings is 1. The summed E-state index contributed by atoms with van der Waals surface area (Å²) >= 11 is 0. The van der Waals surface area contributed by atoms with Crippen molar-refractivity contribution >= 4 is 0 Å². The van der Waals surface area contributed by atoms with Gasteiger partial charge in [0.15, 0.2) is 0 Å². The van der Waals surface area contributed by atoms with E-state index in [1.807, 2.05) is 0 Å². The van der Waals surface area contributed by atoms with Crippen molar-refractivity contribution in [3.8, 4) is 5.75 Å². The van der Waals surface area contributed by atoms with Crippen molar-refractivity contribution in [3.05, 3.63) is 42.2 Å². The highest BCUT2D eigenvalue weighted by atomic mass is 19.1. The second-order valence-corrected chi connectivity index (χ2v) is 8.10. The molecule has 2 heteroatoms. The molecule has 138 valence electrons. The van der Waals surface area contributed by atoms with E-state index < -0.39 is 0 Å². The van der Waals surface area contributed by atoms with Crippen molar-refractivity contribution in [1.29, 1.82) is 0 Å². The molecule has 2 aliphatic rings. The molecule has 2 aliphatic carbocycles. The number of methoxy groups -OCH3 is 1. The number of allylic oxidation sites excluding steroid dienone is 1. The maximum absolute atomic E-state index is 12.1. The summed E-state index contributed by atoms with van der Waals surface area (Å²) < 4.78 is 17.3. The average Bonchev–Trinajstić information content (AvgIpc) is 2.69. The molecular weight excluding hydrogens is 311 g/mol. The minimum absolute atomic E-state index is 0.701. The third-order valence-electron chi connectivity index (χ3n) is 6.75. The second kappa shape index (κ2) is 9.40. The highest BCUT2D eigenvalue weighted by Gasteiger charge is 2.31. The Kier molecular flexibility index (Phi) is 6.95. The van der Waals surface area contributed by atoms with E-state index in [2.05, 4.69) is 24.3 Å². The minimum atomic E-state index is 0.701. The van der Waals surface area contributed by atoms with Crippen LogP contribution in [0.5, 0.6) is 5.75 Å². The molecule has 2 fully saturated rings. The first kappa shape index (κ1) is 18.5. The molecule has 0 radical (unpaired) electrons. The van der Waals surface area contributed by atoms with Crippen LogP contribution < -0.4 is 4.74 Å². The van der Waals surface area contributed by atoms with Crippen molar-refractivity contribution < 1.29 is 9.13 Å². The Morgan fingerprint density at radius 2 is 1.52 bits per heavy atom. The molecule has 1 nitrogen and oxygen atoms in total. The maximum Gasteiger partial charge on any atom is 0.118 e. The summed E-state index contributed by atoms with van der Waals surface area (Å²) in [5.74, 6) is 4.43. The molecule has 3 rings (SSSR count). The van der Waals surface area contributed by atoms with Crippen LogP contribution in [0, 0.1) is 17.8 Å². The van der Waals surface area contributed by atoms with Crippen molar-refractivity contribution in [1.82, 2.24) is 0 Å². The molecule has 0 atom stereocenters. The molecular formula is C23H33FO. The number of ether oxygens (including phenoxy) is 1. The van der Waals surface area contributed by atoms with E-state index in [-0.39, 0.29) is 0 Å². The Morgan fingerprint density at radius 3 is 2.08 bits per heavy atom. The van der Waals surface area contributed by atoms with Crippen LogP contribution in [0.3, 0.4) is 0 Å². The Morgan fingerprint density at radius 1 is 0.920 bits per heavy atom. The molecule has 1 aromatic rings. The quantitative estimate of drug-likeness (QED) is 0.538. The van der Waals surface area contributed by atoms with E-state index in [0.29, 0.717) is 6.33 Å². The molecule has 2 saturated carbocycles. The smallest absolute Gasteiger partial charge is 0.118 e. The second-order valence-electron chi connectivity index (χ2n) is 8.10. The predicted octanol–water partition coefficient (Wildman–Crippen LogP) is 7.04. The molecule has 0 aliphatic heterocycles. The van der Waals surface area contributed by atoms with Gasteiger partial charge in [-0.15, -0.1) is 0 Å². The lowest BCUT2D eigenvalue weighted by Gasteiger charge is -2.38. The molecule has 0 N–H and O–H groups in total. The van der Waals surface area contributed by atoms with Gasteiger partial charge in [-0.1, -0.05) is 31.1 Å². The van der Waals surface area contributed by atoms with Crippen molar-refractivity contribution in [2.24, 2.45) is 17.8 Å². The van der Waals surface area contributed by atoms with Gasteiger partial charge in [0.25, 0.3) is 0 Å². The van der Waals surface area contributed by atoms with Gasteiger partial charge in [0.2, 0.25) is 0 Å². The normalized spacial score (nSPS) is 30.5. The van der Waals surface area contributed by atoms with Crippen LogP contribution in [0.2, 0.25) is 0 Å². The lowest BCUT2D eigenvalue weighted by atomic mass is 9.68. The van der Waals surface area contributed by atoms with Crippen LogP contribution >= 0.6 is 0 Å². The molecule has 0 bridgehead atoms. The first-order valence-corrected chi connectivity index (χ1v) is 10.2. The summed E-state index contributed by atoms with van der Waals surface area (Å²) in [6.07, 6.45) is 15.5. The van der Waals surface area contributed by atoms with Crippen LogP contribution in [0.4, 0.5) is 4.39 Å². The van der Waals surface area contributed by atoms with E-state index in [4.69, 9.17) is 4.74 Å². The van der Waals surface area contributed by atoms with E-state index in [1.54, 1.807) is 13.2 Å². The van der Waals surface area contributed by atoms with Gasteiger partial charge >= 0.3 is 0 Å². The van der Waals surface area contributed by atoms with Gasteiger partial charge in [-0.2, -0.15) is 0 Å². The first-order chi connectivity index (χ1) is 12.3. The number of rotatable bonds is 6. The zero-order valence-corrected chi connectivity index (χ0v) is 15.6. The summed E-state index contributed by atoms with van der Waals surface area (Å²) in [5, 5.41) is 0. The van der Waals surface area contributed by atoms with Crippen molar-refractivity contribution in [2.45, 2.75) is 70.1 Å². The van der Waals surface area contributed by atoms with Crippen LogP contribution in [-0.4, -0.2) is 7.11 Å². The fraction of sp³-hybridized carbons (Fsp3) is 0.652. The highest BCUT2D eigenvalue weighted by molar-refractivity contribution is 5.29. The largest absolute Gasteiger partial charge is 0.497 e. The summed E-state index contributed by atoms with van der Waals surface area (Å²) in [4.78, 5) is 0. The molecule has 0 amide bonds. The Labute approximate surface area is 152 Å². The van der Waals surface area contributed by atoms with Gasteiger partial charge < -0.3 is 4.74 Å². The highest BCUT2D eigenvalue weighted by Crippen LogP contribution is 2.44. The molecule has 1 aromatic carbocycles. The fourth-order valence-electron chi connectivity index (χ4n) is 5.14. The summed E-state index contributed by atoms with van der Waals surface area (Å²) in [6.45, 7) is 0. The van der Waals surface area contributed by atoms with Crippen LogP contribution in [-0.2, 0) is 0 Å². The first-order valence-electron chi connectivity index (χ1n) is 10.2. The monoisotopic (exact) mass is 344 g/mol. The molecule has 0 aromatic heterocycles. The third kappa shape index (κ3) is 5.09. The van der Waals surface area contributed by atoms with Gasteiger partial charge in [0, 0.05) is 0 Å². The molecule has 0 spiro atoms. The van der Waals surface area contributed by atoms with E-state index in [1.165, 1.54) is 63.4 Å². The molecule has 0 saturated heterocycles. The summed E-state index contributed by atoms with van der Waals surface area (Å²) in [5.41, 5.74) is 1.49. The van der Waals surface area contributed by atoms with Crippen molar-refractivity contribution in [2.75, 3.05) is 7.11 Å². The SMILES string of the molecule is COc1ccc(C2CCC(C3CCC(CC/C=C/F)CC3)CC2)cc1. The number of hydrogen-bond donors (Lipinski definition) is 0. The summed E-state index contributed by atoms with van der Waals surface area (Å²) in [7, 11) is 1.73. The van der Waals surface area contributed by atoms with Crippen LogP contribution in [0.15, 0.2) is 36.7 Å². The molecule has 25 heavy (non-hydrogen) atoms. The van der Waals surface area contributed by atoms with Gasteiger partial charge in [-0.3, -0.25) is 0 Å². The van der Waals surface area contributed by atoms with Gasteiger partial charge in [-0.25, -0.2) is 4.39 Å². The fourth-order valence-corrected chi connectivity index (χ4v) is 5.14. The predicted molar refractivity (Wildman–Crippen MR) is 103 cm³/mol. The van der Waals surface area contributed by atoms with Crippen LogP contribution in [0.1, 0.15) is 75.7 Å². The minimum Gasteiger partial charge on any atom is -0.497 e. The van der Waals surface area contributed by atoms with Crippen LogP contribution in [0.25, 0.3) is 0 Å². The standard InChI is InChI=1S/C23H33FO/c1-25-23-15-13-22(14-16-23)21-11-9-20(10-12-21)19-7-5-18(6-8-19)4-2-3-17-24/h3,13-21H,2,4-12H2,1H3/b17-3+. The van der Waals surface area contributed by atoms with Crippen molar-refractivity contribution in [3.63, 3.8) is 0 Å². The Balaban J connectivity index is 1.42. The average molecular weight is 345 g/mol. The lowest BCUT2D eigenvalue weighted by Crippen LogP contribution is -2.25. The Bertz CT molecular complexity index is 520. The molecule has 0 heterocycles. The number of halogens is 1. The van der Waals surface area contributed by atoms with E-state index in [9.17, 15) is 4.39 Å². The maximum atomic E-state index is 12.1. The topological polar surface area (TPSA) is 9.23 Å². The molecule has 0 unspecified atom stereocenters. The van der Waals surface area contributed by atoms with E-state index in [0.717, 1.165) is 35.8 Å². The zero-order valence-electron chi connectivity index (χ0n) is 15.6.